The van der Waals surface area contributed by atoms with Crippen molar-refractivity contribution in [3.8, 4) is 11.1 Å². The predicted molar refractivity (Wildman–Crippen MR) is 218 cm³/mol. The second-order valence-electron chi connectivity index (χ2n) is 17.6. The van der Waals surface area contributed by atoms with Crippen LogP contribution >= 0.6 is 0 Å². The van der Waals surface area contributed by atoms with Crippen molar-refractivity contribution in [3.63, 3.8) is 0 Å². The van der Waals surface area contributed by atoms with Crippen LogP contribution in [0, 0.1) is 40.9 Å². The quantitative estimate of drug-likeness (QED) is 0.165. The second-order valence-corrected chi connectivity index (χ2v) is 17.6. The molecule has 7 aliphatic carbocycles. The fourth-order valence-electron chi connectivity index (χ4n) is 14.0. The summed E-state index contributed by atoms with van der Waals surface area (Å²) >= 11 is 0. The smallest absolute Gasteiger partial charge is 0.0468 e. The highest BCUT2D eigenvalue weighted by Gasteiger charge is 2.74. The summed E-state index contributed by atoms with van der Waals surface area (Å²) in [6, 6.07) is 55.1. The molecule has 7 fully saturated rings. The third kappa shape index (κ3) is 3.85. The van der Waals surface area contributed by atoms with E-state index in [-0.39, 0.29) is 0 Å². The number of hydrogen-bond donors (Lipinski definition) is 0. The van der Waals surface area contributed by atoms with Gasteiger partial charge < -0.3 is 4.90 Å². The van der Waals surface area contributed by atoms with Crippen molar-refractivity contribution >= 4 is 49.4 Å². The van der Waals surface area contributed by atoms with E-state index >= 15 is 0 Å². The average Bonchev–Trinajstić information content (AvgIpc) is 3.20. The monoisotopic (exact) mass is 671 g/mol. The third-order valence-electron chi connectivity index (χ3n) is 15.6. The summed E-state index contributed by atoms with van der Waals surface area (Å²) in [4.78, 5) is 2.50. The minimum atomic E-state index is 0.362. The zero-order valence-corrected chi connectivity index (χ0v) is 30.0. The number of fused-ring (bicyclic) bond motifs is 6. The zero-order valence-electron chi connectivity index (χ0n) is 30.0. The van der Waals surface area contributed by atoms with E-state index in [1.54, 1.807) is 5.56 Å². The molecule has 14 rings (SSSR count). The molecule has 7 aromatic carbocycles. The largest absolute Gasteiger partial charge is 0.310 e. The molecular formula is C51H45N. The van der Waals surface area contributed by atoms with Crippen molar-refractivity contribution in [1.82, 2.24) is 0 Å². The maximum atomic E-state index is 2.75. The number of anilines is 3. The topological polar surface area (TPSA) is 3.24 Å². The Bertz CT molecular complexity index is 2500. The first-order valence-corrected chi connectivity index (χ1v) is 20.0. The lowest BCUT2D eigenvalue weighted by Crippen LogP contribution is -2.74. The maximum Gasteiger partial charge on any atom is 0.0468 e. The van der Waals surface area contributed by atoms with Crippen molar-refractivity contribution in [1.29, 1.82) is 0 Å². The molecule has 1 heteroatoms. The van der Waals surface area contributed by atoms with Crippen LogP contribution in [-0.4, -0.2) is 0 Å². The van der Waals surface area contributed by atoms with Crippen molar-refractivity contribution < 1.29 is 0 Å². The molecule has 0 aromatic heterocycles. The normalized spacial score (nSPS) is 30.9. The van der Waals surface area contributed by atoms with Gasteiger partial charge in [-0.2, -0.15) is 0 Å². The van der Waals surface area contributed by atoms with Crippen LogP contribution in [0.15, 0.2) is 146 Å². The molecule has 0 N–H and O–H groups in total. The molecule has 0 saturated heterocycles. The number of hydrogen-bond acceptors (Lipinski definition) is 1. The molecular weight excluding hydrogens is 627 g/mol. The molecule has 0 aliphatic heterocycles. The molecule has 0 amide bonds. The molecule has 254 valence electrons. The Morgan fingerprint density at radius 3 is 1.62 bits per heavy atom. The van der Waals surface area contributed by atoms with Crippen LogP contribution in [0.1, 0.15) is 51.0 Å². The number of benzene rings is 7. The SMILES string of the molecule is CC12CC3CC4C5CC(CC41)CC2(c1ccc(N(c2ccc(-c4ccccc4)cc2)c2ccc4c6ccccc6c6ccccc6c4c2)cc1)C5C3. The fourth-order valence-corrected chi connectivity index (χ4v) is 14.0. The Hall–Kier alpha value is -4.88. The summed E-state index contributed by atoms with van der Waals surface area (Å²) < 4.78 is 0. The van der Waals surface area contributed by atoms with Gasteiger partial charge in [-0.15, -0.1) is 0 Å². The van der Waals surface area contributed by atoms with E-state index in [1.807, 2.05) is 0 Å². The van der Waals surface area contributed by atoms with Crippen LogP contribution in [0.3, 0.4) is 0 Å². The van der Waals surface area contributed by atoms with Gasteiger partial charge in [0.25, 0.3) is 0 Å². The van der Waals surface area contributed by atoms with Crippen LogP contribution < -0.4 is 4.90 Å². The lowest BCUT2D eigenvalue weighted by molar-refractivity contribution is -0.266. The van der Waals surface area contributed by atoms with Crippen LogP contribution in [0.4, 0.5) is 17.1 Å². The van der Waals surface area contributed by atoms with E-state index in [4.69, 9.17) is 0 Å². The minimum Gasteiger partial charge on any atom is -0.310 e. The van der Waals surface area contributed by atoms with Gasteiger partial charge in [0.05, 0.1) is 0 Å². The van der Waals surface area contributed by atoms with Gasteiger partial charge in [-0.1, -0.05) is 116 Å². The first-order chi connectivity index (χ1) is 25.6. The Morgan fingerprint density at radius 1 is 0.442 bits per heavy atom. The summed E-state index contributed by atoms with van der Waals surface area (Å²) in [5.74, 6) is 5.74. The van der Waals surface area contributed by atoms with E-state index < -0.39 is 0 Å². The summed E-state index contributed by atoms with van der Waals surface area (Å²) in [5, 5.41) is 7.89. The predicted octanol–water partition coefficient (Wildman–Crippen LogP) is 13.6. The van der Waals surface area contributed by atoms with Crippen LogP contribution in [-0.2, 0) is 5.41 Å². The molecule has 8 bridgehead atoms. The van der Waals surface area contributed by atoms with E-state index in [0.29, 0.717) is 10.8 Å². The summed E-state index contributed by atoms with van der Waals surface area (Å²) in [6.07, 6.45) is 8.94. The van der Waals surface area contributed by atoms with E-state index in [2.05, 4.69) is 157 Å². The van der Waals surface area contributed by atoms with Gasteiger partial charge in [0.2, 0.25) is 0 Å². The van der Waals surface area contributed by atoms with Gasteiger partial charge in [0.1, 0.15) is 0 Å². The second kappa shape index (κ2) is 10.6. The van der Waals surface area contributed by atoms with Gasteiger partial charge >= 0.3 is 0 Å². The van der Waals surface area contributed by atoms with Crippen molar-refractivity contribution in [2.45, 2.75) is 50.9 Å². The maximum absolute atomic E-state index is 2.75. The lowest BCUT2D eigenvalue weighted by atomic mass is 9.25. The van der Waals surface area contributed by atoms with E-state index in [9.17, 15) is 0 Å². The summed E-state index contributed by atoms with van der Waals surface area (Å²) in [7, 11) is 0. The zero-order chi connectivity index (χ0) is 34.2. The van der Waals surface area contributed by atoms with Crippen molar-refractivity contribution in [2.24, 2.45) is 40.9 Å². The van der Waals surface area contributed by atoms with Crippen LogP contribution in [0.5, 0.6) is 0 Å². The molecule has 8 atom stereocenters. The van der Waals surface area contributed by atoms with Gasteiger partial charge in [0, 0.05) is 22.5 Å². The fraction of sp³-hybridized carbons (Fsp3) is 0.294. The van der Waals surface area contributed by atoms with Gasteiger partial charge in [-0.05, 0) is 165 Å². The van der Waals surface area contributed by atoms with Crippen LogP contribution in [0.2, 0.25) is 0 Å². The summed E-state index contributed by atoms with van der Waals surface area (Å²) in [6.45, 7) is 2.75. The van der Waals surface area contributed by atoms with Gasteiger partial charge in [-0.25, -0.2) is 0 Å². The van der Waals surface area contributed by atoms with E-state index in [1.165, 1.54) is 99.0 Å². The highest BCUT2D eigenvalue weighted by molar-refractivity contribution is 6.25. The molecule has 52 heavy (non-hydrogen) atoms. The van der Waals surface area contributed by atoms with Crippen molar-refractivity contribution in [2.75, 3.05) is 4.90 Å². The highest BCUT2D eigenvalue weighted by Crippen LogP contribution is 2.80. The Kier molecular flexibility index (Phi) is 6.05. The Morgan fingerprint density at radius 2 is 0.942 bits per heavy atom. The molecule has 1 nitrogen and oxygen atoms in total. The number of nitrogens with zero attached hydrogens (tertiary/aromatic N) is 1. The van der Waals surface area contributed by atoms with Gasteiger partial charge in [0.15, 0.2) is 0 Å². The molecule has 8 unspecified atom stereocenters. The Labute approximate surface area is 307 Å². The molecule has 0 spiro atoms. The lowest BCUT2D eigenvalue weighted by Gasteiger charge is -2.79. The van der Waals surface area contributed by atoms with Crippen LogP contribution in [0.25, 0.3) is 43.4 Å². The van der Waals surface area contributed by atoms with Gasteiger partial charge in [-0.3, -0.25) is 0 Å². The Balaban J connectivity index is 1.02. The van der Waals surface area contributed by atoms with E-state index in [0.717, 1.165) is 35.5 Å². The highest BCUT2D eigenvalue weighted by atomic mass is 15.1. The number of rotatable bonds is 5. The van der Waals surface area contributed by atoms with Crippen molar-refractivity contribution in [3.05, 3.63) is 151 Å². The molecule has 7 saturated carbocycles. The standard InChI is InChI=1S/C51H45N/c1-50-30-32-25-46-47-26-33(27-48(46)50)31-51(50,49(47)28-32)36-17-21-38(22-18-36)52(37-19-15-35(16-20-37)34-9-3-2-4-10-34)39-23-24-44-42-13-6-5-11-40(42)41-12-7-8-14-43(41)45(44)29-39/h2-24,29,32-33,46-49H,25-28,30-31H2,1H3. The first-order valence-electron chi connectivity index (χ1n) is 20.0. The first kappa shape index (κ1) is 29.7. The molecule has 0 heterocycles. The minimum absolute atomic E-state index is 0.362. The molecule has 7 aliphatic rings. The molecule has 7 aromatic rings. The average molecular weight is 672 g/mol. The third-order valence-corrected chi connectivity index (χ3v) is 15.6. The molecule has 0 radical (unpaired) electrons. The summed E-state index contributed by atoms with van der Waals surface area (Å²) in [5.41, 5.74) is 8.61.